The van der Waals surface area contributed by atoms with Gasteiger partial charge in [-0.2, -0.15) is 0 Å². The van der Waals surface area contributed by atoms with Gasteiger partial charge < -0.3 is 16.2 Å². The summed E-state index contributed by atoms with van der Waals surface area (Å²) in [6.45, 7) is 2.71. The molecule has 6 heteroatoms. The van der Waals surface area contributed by atoms with E-state index in [0.29, 0.717) is 17.9 Å². The van der Waals surface area contributed by atoms with E-state index in [1.807, 2.05) is 6.92 Å². The maximum absolute atomic E-state index is 12.5. The Balaban J connectivity index is 2.37. The Morgan fingerprint density at radius 2 is 1.71 bits per heavy atom. The molecule has 5 nitrogen and oxygen atoms in total. The van der Waals surface area contributed by atoms with Crippen LogP contribution < -0.4 is 11.1 Å². The number of rotatable bonds is 5. The van der Waals surface area contributed by atoms with Crippen LogP contribution in [-0.2, 0) is 9.84 Å². The van der Waals surface area contributed by atoms with E-state index in [2.05, 4.69) is 5.32 Å². The van der Waals surface area contributed by atoms with Gasteiger partial charge in [0.25, 0.3) is 0 Å². The molecule has 4 N–H and O–H groups in total. The SMILES string of the molecule is CCCNc1ccc(S(=O)(=O)c2ccc(N)cc2)cc1O. The van der Waals surface area contributed by atoms with Gasteiger partial charge in [-0.25, -0.2) is 8.42 Å². The summed E-state index contributed by atoms with van der Waals surface area (Å²) < 4.78 is 24.9. The number of phenols is 1. The first-order chi connectivity index (χ1) is 9.95. The van der Waals surface area contributed by atoms with Crippen molar-refractivity contribution >= 4 is 21.2 Å². The molecule has 2 aromatic carbocycles. The summed E-state index contributed by atoms with van der Waals surface area (Å²) in [5.74, 6) is -0.0834. The second-order valence-corrected chi connectivity index (χ2v) is 6.63. The number of anilines is 2. The molecule has 0 unspecified atom stereocenters. The summed E-state index contributed by atoms with van der Waals surface area (Å²) in [5, 5.41) is 13.0. The molecule has 2 aromatic rings. The van der Waals surface area contributed by atoms with E-state index >= 15 is 0 Å². The van der Waals surface area contributed by atoms with Crippen LogP contribution in [0.25, 0.3) is 0 Å². The fourth-order valence-corrected chi connectivity index (χ4v) is 3.15. The van der Waals surface area contributed by atoms with Crippen molar-refractivity contribution in [2.45, 2.75) is 23.1 Å². The molecule has 0 aliphatic heterocycles. The highest BCUT2D eigenvalue weighted by Crippen LogP contribution is 2.29. The molecule has 0 fully saturated rings. The number of hydrogen-bond donors (Lipinski definition) is 3. The van der Waals surface area contributed by atoms with E-state index in [-0.39, 0.29) is 15.5 Å². The standard InChI is InChI=1S/C15H18N2O3S/c1-2-9-17-14-8-7-13(10-15(14)18)21(19,20)12-5-3-11(16)4-6-12/h3-8,10,17-18H,2,9,16H2,1H3. The van der Waals surface area contributed by atoms with Crippen molar-refractivity contribution in [2.24, 2.45) is 0 Å². The molecule has 0 atom stereocenters. The fraction of sp³-hybridized carbons (Fsp3) is 0.200. The Kier molecular flexibility index (Phi) is 4.37. The molecular weight excluding hydrogens is 288 g/mol. The van der Waals surface area contributed by atoms with Gasteiger partial charge in [-0.1, -0.05) is 6.92 Å². The van der Waals surface area contributed by atoms with E-state index in [9.17, 15) is 13.5 Å². The first kappa shape index (κ1) is 15.2. The Hall–Kier alpha value is -2.21. The lowest BCUT2D eigenvalue weighted by atomic mass is 10.3. The van der Waals surface area contributed by atoms with Crippen LogP contribution in [0.4, 0.5) is 11.4 Å². The molecule has 0 aromatic heterocycles. The van der Waals surface area contributed by atoms with Gasteiger partial charge in [-0.3, -0.25) is 0 Å². The normalized spacial score (nSPS) is 11.3. The van der Waals surface area contributed by atoms with Crippen molar-refractivity contribution in [3.05, 3.63) is 42.5 Å². The average Bonchev–Trinajstić information content (AvgIpc) is 2.46. The third-order valence-corrected chi connectivity index (χ3v) is 4.80. The third-order valence-electron chi connectivity index (χ3n) is 3.04. The van der Waals surface area contributed by atoms with Gasteiger partial charge in [-0.15, -0.1) is 0 Å². The maximum atomic E-state index is 12.5. The van der Waals surface area contributed by atoms with Crippen LogP contribution in [0.15, 0.2) is 52.3 Å². The molecule has 0 aliphatic rings. The lowest BCUT2D eigenvalue weighted by Crippen LogP contribution is -2.04. The minimum Gasteiger partial charge on any atom is -0.506 e. The zero-order valence-electron chi connectivity index (χ0n) is 11.7. The number of benzene rings is 2. The quantitative estimate of drug-likeness (QED) is 0.583. The van der Waals surface area contributed by atoms with E-state index < -0.39 is 9.84 Å². The molecule has 0 saturated heterocycles. The van der Waals surface area contributed by atoms with Gasteiger partial charge in [-0.05, 0) is 42.8 Å². The molecular formula is C15H18N2O3S. The van der Waals surface area contributed by atoms with Crippen molar-refractivity contribution in [3.8, 4) is 5.75 Å². The van der Waals surface area contributed by atoms with Crippen molar-refractivity contribution in [3.63, 3.8) is 0 Å². The topological polar surface area (TPSA) is 92.4 Å². The highest BCUT2D eigenvalue weighted by atomic mass is 32.2. The smallest absolute Gasteiger partial charge is 0.206 e. The fourth-order valence-electron chi connectivity index (χ4n) is 1.87. The molecule has 2 rings (SSSR count). The minimum absolute atomic E-state index is 0.0480. The zero-order valence-corrected chi connectivity index (χ0v) is 12.5. The van der Waals surface area contributed by atoms with E-state index in [1.165, 1.54) is 36.4 Å². The van der Waals surface area contributed by atoms with Crippen molar-refractivity contribution in [1.29, 1.82) is 0 Å². The molecule has 0 heterocycles. The maximum Gasteiger partial charge on any atom is 0.206 e. The van der Waals surface area contributed by atoms with Crippen LogP contribution in [0.5, 0.6) is 5.75 Å². The van der Waals surface area contributed by atoms with E-state index in [1.54, 1.807) is 6.07 Å². The Labute approximate surface area is 124 Å². The Morgan fingerprint density at radius 3 is 2.29 bits per heavy atom. The van der Waals surface area contributed by atoms with Crippen LogP contribution in [0.1, 0.15) is 13.3 Å². The lowest BCUT2D eigenvalue weighted by Gasteiger charge is -2.10. The van der Waals surface area contributed by atoms with Gasteiger partial charge >= 0.3 is 0 Å². The second-order valence-electron chi connectivity index (χ2n) is 4.68. The molecule has 0 bridgehead atoms. The van der Waals surface area contributed by atoms with Crippen LogP contribution >= 0.6 is 0 Å². The highest BCUT2D eigenvalue weighted by Gasteiger charge is 2.18. The highest BCUT2D eigenvalue weighted by molar-refractivity contribution is 7.91. The number of phenolic OH excluding ortho intramolecular Hbond substituents is 1. The summed E-state index contributed by atoms with van der Waals surface area (Å²) in [6.07, 6.45) is 0.908. The first-order valence-electron chi connectivity index (χ1n) is 6.62. The molecule has 112 valence electrons. The molecule has 0 saturated carbocycles. The molecule has 0 spiro atoms. The number of nitrogens with one attached hydrogen (secondary N) is 1. The Morgan fingerprint density at radius 1 is 1.10 bits per heavy atom. The second kappa shape index (κ2) is 6.05. The number of nitrogens with two attached hydrogens (primary N) is 1. The van der Waals surface area contributed by atoms with Gasteiger partial charge in [0.1, 0.15) is 5.75 Å². The summed E-state index contributed by atoms with van der Waals surface area (Å²) in [4.78, 5) is 0.192. The summed E-state index contributed by atoms with van der Waals surface area (Å²) in [6, 6.07) is 10.3. The van der Waals surface area contributed by atoms with Crippen LogP contribution in [0.2, 0.25) is 0 Å². The monoisotopic (exact) mass is 306 g/mol. The molecule has 0 amide bonds. The summed E-state index contributed by atoms with van der Waals surface area (Å²) >= 11 is 0. The van der Waals surface area contributed by atoms with Gasteiger partial charge in [0.05, 0.1) is 15.5 Å². The first-order valence-corrected chi connectivity index (χ1v) is 8.11. The number of sulfone groups is 1. The van der Waals surface area contributed by atoms with E-state index in [0.717, 1.165) is 6.42 Å². The Bertz CT molecular complexity index is 725. The minimum atomic E-state index is -3.66. The van der Waals surface area contributed by atoms with Crippen molar-refractivity contribution in [2.75, 3.05) is 17.6 Å². The van der Waals surface area contributed by atoms with Gasteiger partial charge in [0.2, 0.25) is 9.84 Å². The number of nitrogen functional groups attached to an aromatic ring is 1. The molecule has 0 radical (unpaired) electrons. The van der Waals surface area contributed by atoms with Gasteiger partial charge in [0, 0.05) is 18.3 Å². The van der Waals surface area contributed by atoms with Crippen LogP contribution in [0.3, 0.4) is 0 Å². The predicted molar refractivity (Wildman–Crippen MR) is 83.2 cm³/mol. The largest absolute Gasteiger partial charge is 0.506 e. The van der Waals surface area contributed by atoms with E-state index in [4.69, 9.17) is 5.73 Å². The predicted octanol–water partition coefficient (Wildman–Crippen LogP) is 2.63. The van der Waals surface area contributed by atoms with Crippen LogP contribution in [0, 0.1) is 0 Å². The molecule has 21 heavy (non-hydrogen) atoms. The lowest BCUT2D eigenvalue weighted by molar-refractivity contribution is 0.475. The van der Waals surface area contributed by atoms with Gasteiger partial charge in [0.15, 0.2) is 0 Å². The zero-order chi connectivity index (χ0) is 15.5. The number of hydrogen-bond acceptors (Lipinski definition) is 5. The number of aromatic hydroxyl groups is 1. The average molecular weight is 306 g/mol. The van der Waals surface area contributed by atoms with Crippen LogP contribution in [-0.4, -0.2) is 20.1 Å². The summed E-state index contributed by atoms with van der Waals surface area (Å²) in [7, 11) is -3.66. The van der Waals surface area contributed by atoms with Crippen molar-refractivity contribution < 1.29 is 13.5 Å². The molecule has 0 aliphatic carbocycles. The summed E-state index contributed by atoms with van der Waals surface area (Å²) in [5.41, 5.74) is 6.57. The third kappa shape index (κ3) is 3.28. The van der Waals surface area contributed by atoms with Crippen molar-refractivity contribution in [1.82, 2.24) is 0 Å².